The fourth-order valence-electron chi connectivity index (χ4n) is 2.95. The van der Waals surface area contributed by atoms with Gasteiger partial charge in [-0.2, -0.15) is 0 Å². The number of hydrogen-bond acceptors (Lipinski definition) is 6. The first-order valence-electron chi connectivity index (χ1n) is 7.59. The van der Waals surface area contributed by atoms with Gasteiger partial charge in [-0.25, -0.2) is 4.98 Å². The third-order valence-corrected chi connectivity index (χ3v) is 7.00. The van der Waals surface area contributed by atoms with Gasteiger partial charge in [0, 0.05) is 6.04 Å². The molecular formula is C15H15ClN4S3. The Kier molecular flexibility index (Phi) is 4.71. The van der Waals surface area contributed by atoms with E-state index < -0.39 is 0 Å². The van der Waals surface area contributed by atoms with Crippen LogP contribution < -0.4 is 0 Å². The SMILES string of the molecule is Clc1cnc(Sc2nnc(-c3cccs3)n2C2CCCCC2)s1. The minimum Gasteiger partial charge on any atom is -0.298 e. The van der Waals surface area contributed by atoms with E-state index >= 15 is 0 Å². The van der Waals surface area contributed by atoms with Crippen LogP contribution in [-0.4, -0.2) is 19.7 Å². The van der Waals surface area contributed by atoms with Crippen LogP contribution in [0.25, 0.3) is 10.7 Å². The highest BCUT2D eigenvalue weighted by Crippen LogP contribution is 2.39. The molecule has 0 N–H and O–H groups in total. The predicted molar refractivity (Wildman–Crippen MR) is 96.7 cm³/mol. The average molecular weight is 383 g/mol. The highest BCUT2D eigenvalue weighted by molar-refractivity contribution is 8.00. The topological polar surface area (TPSA) is 43.6 Å². The van der Waals surface area contributed by atoms with Gasteiger partial charge in [0.15, 0.2) is 15.3 Å². The molecule has 23 heavy (non-hydrogen) atoms. The molecule has 0 radical (unpaired) electrons. The number of thiazole rings is 1. The van der Waals surface area contributed by atoms with E-state index in [0.717, 1.165) is 15.3 Å². The fraction of sp³-hybridized carbons (Fsp3) is 0.400. The van der Waals surface area contributed by atoms with Crippen molar-refractivity contribution in [2.24, 2.45) is 0 Å². The molecule has 3 heterocycles. The van der Waals surface area contributed by atoms with Gasteiger partial charge < -0.3 is 0 Å². The zero-order valence-corrected chi connectivity index (χ0v) is 15.5. The zero-order valence-electron chi connectivity index (χ0n) is 12.3. The summed E-state index contributed by atoms with van der Waals surface area (Å²) in [6, 6.07) is 4.66. The number of halogens is 1. The Balaban J connectivity index is 1.72. The van der Waals surface area contributed by atoms with Gasteiger partial charge in [-0.3, -0.25) is 4.57 Å². The normalized spacial score (nSPS) is 16.0. The molecule has 0 spiro atoms. The van der Waals surface area contributed by atoms with Crippen LogP contribution in [0.5, 0.6) is 0 Å². The molecule has 3 aromatic rings. The van der Waals surface area contributed by atoms with Gasteiger partial charge in [-0.1, -0.05) is 48.3 Å². The van der Waals surface area contributed by atoms with Gasteiger partial charge >= 0.3 is 0 Å². The van der Waals surface area contributed by atoms with E-state index in [9.17, 15) is 0 Å². The molecule has 3 aromatic heterocycles. The van der Waals surface area contributed by atoms with Crippen LogP contribution >= 0.6 is 46.0 Å². The molecular weight excluding hydrogens is 368 g/mol. The lowest BCUT2D eigenvalue weighted by atomic mass is 9.95. The number of aromatic nitrogens is 4. The zero-order chi connectivity index (χ0) is 15.6. The van der Waals surface area contributed by atoms with Gasteiger partial charge in [0.1, 0.15) is 4.34 Å². The summed E-state index contributed by atoms with van der Waals surface area (Å²) in [6.07, 6.45) is 7.97. The summed E-state index contributed by atoms with van der Waals surface area (Å²) >= 11 is 10.8. The van der Waals surface area contributed by atoms with Crippen molar-refractivity contribution < 1.29 is 0 Å². The Morgan fingerprint density at radius 2 is 2.09 bits per heavy atom. The second-order valence-corrected chi connectivity index (χ2v) is 9.30. The summed E-state index contributed by atoms with van der Waals surface area (Å²) in [5.74, 6) is 0.983. The standard InChI is InChI=1S/C15H15ClN4S3/c16-12-9-17-15(22-12)23-14-19-18-13(11-7-4-8-21-11)20(14)10-5-2-1-3-6-10/h4,7-10H,1-3,5-6H2. The molecule has 1 aliphatic carbocycles. The summed E-state index contributed by atoms with van der Waals surface area (Å²) < 4.78 is 3.94. The lowest BCUT2D eigenvalue weighted by Gasteiger charge is -2.25. The van der Waals surface area contributed by atoms with E-state index in [0.29, 0.717) is 10.4 Å². The first kappa shape index (κ1) is 15.6. The Hall–Kier alpha value is -0.890. The molecule has 1 fully saturated rings. The fourth-order valence-corrected chi connectivity index (χ4v) is 5.78. The molecule has 0 bridgehead atoms. The van der Waals surface area contributed by atoms with Crippen LogP contribution in [0.3, 0.4) is 0 Å². The number of thiophene rings is 1. The van der Waals surface area contributed by atoms with Crippen molar-refractivity contribution >= 4 is 46.0 Å². The number of hydrogen-bond donors (Lipinski definition) is 0. The molecule has 4 rings (SSSR count). The Morgan fingerprint density at radius 3 is 2.78 bits per heavy atom. The molecule has 120 valence electrons. The third kappa shape index (κ3) is 3.33. The maximum atomic E-state index is 6.00. The van der Waals surface area contributed by atoms with Crippen LogP contribution in [0.2, 0.25) is 4.34 Å². The van der Waals surface area contributed by atoms with Crippen LogP contribution in [0, 0.1) is 0 Å². The van der Waals surface area contributed by atoms with Crippen molar-refractivity contribution in [3.8, 4) is 10.7 Å². The second kappa shape index (κ2) is 6.93. The molecule has 8 heteroatoms. The van der Waals surface area contributed by atoms with Gasteiger partial charge in [-0.05, 0) is 36.0 Å². The smallest absolute Gasteiger partial charge is 0.198 e. The van der Waals surface area contributed by atoms with Crippen LogP contribution in [0.1, 0.15) is 38.1 Å². The Labute approximate surface area is 151 Å². The molecule has 0 unspecified atom stereocenters. The molecule has 1 saturated carbocycles. The quantitative estimate of drug-likeness (QED) is 0.574. The van der Waals surface area contributed by atoms with E-state index in [2.05, 4.69) is 37.3 Å². The van der Waals surface area contributed by atoms with E-state index in [-0.39, 0.29) is 0 Å². The maximum Gasteiger partial charge on any atom is 0.198 e. The average Bonchev–Trinajstić information content (AvgIpc) is 3.29. The van der Waals surface area contributed by atoms with Crippen molar-refractivity contribution in [1.82, 2.24) is 19.7 Å². The molecule has 0 saturated heterocycles. The summed E-state index contributed by atoms with van der Waals surface area (Å²) in [7, 11) is 0. The third-order valence-electron chi connectivity index (χ3n) is 3.98. The van der Waals surface area contributed by atoms with E-state index in [1.807, 2.05) is 0 Å². The van der Waals surface area contributed by atoms with E-state index in [1.165, 1.54) is 48.3 Å². The Bertz CT molecular complexity index is 775. The second-order valence-electron chi connectivity index (χ2n) is 5.48. The maximum absolute atomic E-state index is 6.00. The molecule has 0 atom stereocenters. The van der Waals surface area contributed by atoms with Crippen molar-refractivity contribution in [3.63, 3.8) is 0 Å². The first-order chi connectivity index (χ1) is 11.3. The van der Waals surface area contributed by atoms with Crippen LogP contribution in [0.4, 0.5) is 0 Å². The summed E-state index contributed by atoms with van der Waals surface area (Å²) in [5.41, 5.74) is 0. The van der Waals surface area contributed by atoms with Crippen molar-refractivity contribution in [1.29, 1.82) is 0 Å². The monoisotopic (exact) mass is 382 g/mol. The van der Waals surface area contributed by atoms with Crippen molar-refractivity contribution in [3.05, 3.63) is 28.0 Å². The Morgan fingerprint density at radius 1 is 1.22 bits per heavy atom. The molecule has 0 aliphatic heterocycles. The lowest BCUT2D eigenvalue weighted by molar-refractivity contribution is 0.339. The van der Waals surface area contributed by atoms with Crippen LogP contribution in [0.15, 0.2) is 33.2 Å². The van der Waals surface area contributed by atoms with E-state index in [4.69, 9.17) is 11.6 Å². The van der Waals surface area contributed by atoms with Gasteiger partial charge in [-0.15, -0.1) is 21.5 Å². The highest BCUT2D eigenvalue weighted by atomic mass is 35.5. The highest BCUT2D eigenvalue weighted by Gasteiger charge is 2.25. The first-order valence-corrected chi connectivity index (χ1v) is 10.5. The lowest BCUT2D eigenvalue weighted by Crippen LogP contribution is -2.14. The summed E-state index contributed by atoms with van der Waals surface area (Å²) in [4.78, 5) is 5.51. The largest absolute Gasteiger partial charge is 0.298 e. The predicted octanol–water partition coefficient (Wildman–Crippen LogP) is 5.77. The van der Waals surface area contributed by atoms with Crippen molar-refractivity contribution in [2.75, 3.05) is 0 Å². The van der Waals surface area contributed by atoms with Gasteiger partial charge in [0.05, 0.1) is 11.1 Å². The molecule has 1 aliphatic rings. The van der Waals surface area contributed by atoms with E-state index in [1.54, 1.807) is 29.3 Å². The molecule has 0 aromatic carbocycles. The van der Waals surface area contributed by atoms with Gasteiger partial charge in [0.25, 0.3) is 0 Å². The summed E-state index contributed by atoms with van der Waals surface area (Å²) in [5, 5.41) is 11.9. The number of rotatable bonds is 4. The minimum atomic E-state index is 0.480. The molecule has 0 amide bonds. The van der Waals surface area contributed by atoms with Crippen LogP contribution in [-0.2, 0) is 0 Å². The van der Waals surface area contributed by atoms with Crippen molar-refractivity contribution in [2.45, 2.75) is 47.6 Å². The summed E-state index contributed by atoms with van der Waals surface area (Å²) in [6.45, 7) is 0. The number of nitrogens with zero attached hydrogens (tertiary/aromatic N) is 4. The van der Waals surface area contributed by atoms with Gasteiger partial charge in [0.2, 0.25) is 0 Å². The molecule has 4 nitrogen and oxygen atoms in total. The minimum absolute atomic E-state index is 0.480.